The van der Waals surface area contributed by atoms with E-state index in [0.717, 1.165) is 18.5 Å². The molecule has 1 atom stereocenters. The van der Waals surface area contributed by atoms with Crippen molar-refractivity contribution in [3.8, 4) is 0 Å². The van der Waals surface area contributed by atoms with Crippen LogP contribution in [0.2, 0.25) is 0 Å². The molecule has 1 heterocycles. The number of piperidine rings is 1. The van der Waals surface area contributed by atoms with Crippen LogP contribution in [0.1, 0.15) is 28.8 Å². The van der Waals surface area contributed by atoms with Gasteiger partial charge < -0.3 is 10.2 Å². The number of carbonyl (C=O) groups excluding carboxylic acids is 2. The molecule has 0 bridgehead atoms. The molecular formula is C20H21FN2O2. The van der Waals surface area contributed by atoms with Crippen molar-refractivity contribution in [2.45, 2.75) is 19.8 Å². The number of hydrogen-bond donors (Lipinski definition) is 1. The fourth-order valence-corrected chi connectivity index (χ4v) is 3.05. The van der Waals surface area contributed by atoms with Crippen LogP contribution in [-0.2, 0) is 4.79 Å². The lowest BCUT2D eigenvalue weighted by Crippen LogP contribution is -2.43. The molecule has 2 aromatic carbocycles. The first kappa shape index (κ1) is 17.1. The first-order chi connectivity index (χ1) is 12.0. The molecule has 2 amide bonds. The van der Waals surface area contributed by atoms with E-state index in [1.807, 2.05) is 30.3 Å². The van der Waals surface area contributed by atoms with Gasteiger partial charge in [0, 0.05) is 24.3 Å². The number of halogens is 1. The Kier molecular flexibility index (Phi) is 5.12. The van der Waals surface area contributed by atoms with Crippen LogP contribution in [0.25, 0.3) is 0 Å². The molecule has 0 saturated carbocycles. The predicted molar refractivity (Wildman–Crippen MR) is 94.8 cm³/mol. The van der Waals surface area contributed by atoms with Crippen LogP contribution < -0.4 is 5.32 Å². The number of benzene rings is 2. The SMILES string of the molecule is Cc1ccc(C(=O)N2CCCC(C(=O)Nc3ccccc3)C2)cc1F. The standard InChI is InChI=1S/C20H21FN2O2/c1-14-9-10-15(12-18(14)21)20(25)23-11-5-6-16(13-23)19(24)22-17-7-3-2-4-8-17/h2-4,7-10,12,16H,5-6,11,13H2,1H3,(H,22,24). The summed E-state index contributed by atoms with van der Waals surface area (Å²) in [6.45, 7) is 2.60. The number of amides is 2. The van der Waals surface area contributed by atoms with Crippen LogP contribution in [0.15, 0.2) is 48.5 Å². The van der Waals surface area contributed by atoms with E-state index in [1.165, 1.54) is 6.07 Å². The first-order valence-electron chi connectivity index (χ1n) is 8.46. The summed E-state index contributed by atoms with van der Waals surface area (Å²) in [6, 6.07) is 13.8. The van der Waals surface area contributed by atoms with Crippen LogP contribution in [0.4, 0.5) is 10.1 Å². The fraction of sp³-hybridized carbons (Fsp3) is 0.300. The van der Waals surface area contributed by atoms with Crippen molar-refractivity contribution in [3.63, 3.8) is 0 Å². The lowest BCUT2D eigenvalue weighted by molar-refractivity contribution is -0.121. The minimum atomic E-state index is -0.388. The summed E-state index contributed by atoms with van der Waals surface area (Å²) in [6.07, 6.45) is 1.50. The topological polar surface area (TPSA) is 49.4 Å². The summed E-state index contributed by atoms with van der Waals surface area (Å²) in [5.74, 6) is -0.954. The Hall–Kier alpha value is -2.69. The third-order valence-corrected chi connectivity index (χ3v) is 4.54. The summed E-state index contributed by atoms with van der Waals surface area (Å²) in [5.41, 5.74) is 1.58. The molecule has 25 heavy (non-hydrogen) atoms. The van der Waals surface area contributed by atoms with E-state index in [2.05, 4.69) is 5.32 Å². The zero-order valence-electron chi connectivity index (χ0n) is 14.2. The summed E-state index contributed by atoms with van der Waals surface area (Å²) in [7, 11) is 0. The van der Waals surface area contributed by atoms with Gasteiger partial charge in [-0.05, 0) is 49.6 Å². The average Bonchev–Trinajstić information content (AvgIpc) is 2.64. The van der Waals surface area contributed by atoms with Gasteiger partial charge in [0.25, 0.3) is 5.91 Å². The minimum absolute atomic E-state index is 0.0845. The Labute approximate surface area is 146 Å². The normalized spacial score (nSPS) is 17.2. The van der Waals surface area contributed by atoms with Crippen molar-refractivity contribution >= 4 is 17.5 Å². The van der Waals surface area contributed by atoms with Crippen LogP contribution >= 0.6 is 0 Å². The molecular weight excluding hydrogens is 319 g/mol. The number of rotatable bonds is 3. The molecule has 1 unspecified atom stereocenters. The summed E-state index contributed by atoms with van der Waals surface area (Å²) in [4.78, 5) is 26.7. The van der Waals surface area contributed by atoms with E-state index in [-0.39, 0.29) is 23.5 Å². The van der Waals surface area contributed by atoms with Gasteiger partial charge in [0.05, 0.1) is 5.92 Å². The molecule has 1 aliphatic rings. The number of nitrogens with one attached hydrogen (secondary N) is 1. The van der Waals surface area contributed by atoms with Crippen LogP contribution in [-0.4, -0.2) is 29.8 Å². The lowest BCUT2D eigenvalue weighted by Gasteiger charge is -2.32. The summed E-state index contributed by atoms with van der Waals surface area (Å²) >= 11 is 0. The maximum absolute atomic E-state index is 13.7. The smallest absolute Gasteiger partial charge is 0.253 e. The predicted octanol–water partition coefficient (Wildman–Crippen LogP) is 3.63. The van der Waals surface area contributed by atoms with Crippen LogP contribution in [0, 0.1) is 18.7 Å². The van der Waals surface area contributed by atoms with Gasteiger partial charge in [-0.25, -0.2) is 4.39 Å². The summed E-state index contributed by atoms with van der Waals surface area (Å²) in [5, 5.41) is 2.89. The fourth-order valence-electron chi connectivity index (χ4n) is 3.05. The van der Waals surface area contributed by atoms with Gasteiger partial charge in [-0.1, -0.05) is 24.3 Å². The number of hydrogen-bond acceptors (Lipinski definition) is 2. The van der Waals surface area contributed by atoms with Crippen LogP contribution in [0.5, 0.6) is 0 Å². The van der Waals surface area contributed by atoms with E-state index >= 15 is 0 Å². The van der Waals surface area contributed by atoms with Crippen molar-refractivity contribution in [1.29, 1.82) is 0 Å². The number of nitrogens with zero attached hydrogens (tertiary/aromatic N) is 1. The number of para-hydroxylation sites is 1. The van der Waals surface area contributed by atoms with E-state index in [9.17, 15) is 14.0 Å². The molecule has 1 saturated heterocycles. The zero-order chi connectivity index (χ0) is 17.8. The number of likely N-dealkylation sites (tertiary alicyclic amines) is 1. The Morgan fingerprint density at radius 2 is 1.92 bits per heavy atom. The van der Waals surface area contributed by atoms with Gasteiger partial charge in [0.2, 0.25) is 5.91 Å². The maximum Gasteiger partial charge on any atom is 0.253 e. The second-order valence-corrected chi connectivity index (χ2v) is 6.41. The molecule has 0 radical (unpaired) electrons. The largest absolute Gasteiger partial charge is 0.338 e. The van der Waals surface area contributed by atoms with Crippen molar-refractivity contribution in [2.24, 2.45) is 5.92 Å². The summed E-state index contributed by atoms with van der Waals surface area (Å²) < 4.78 is 13.7. The highest BCUT2D eigenvalue weighted by atomic mass is 19.1. The second kappa shape index (κ2) is 7.47. The van der Waals surface area contributed by atoms with Crippen molar-refractivity contribution < 1.29 is 14.0 Å². The highest BCUT2D eigenvalue weighted by Crippen LogP contribution is 2.21. The average molecular weight is 340 g/mol. The Bertz CT molecular complexity index is 777. The van der Waals surface area contributed by atoms with Gasteiger partial charge in [-0.15, -0.1) is 0 Å². The molecule has 1 aliphatic heterocycles. The molecule has 5 heteroatoms. The molecule has 1 fully saturated rings. The van der Waals surface area contributed by atoms with Gasteiger partial charge >= 0.3 is 0 Å². The van der Waals surface area contributed by atoms with E-state index in [1.54, 1.807) is 24.0 Å². The quantitative estimate of drug-likeness (QED) is 0.928. The first-order valence-corrected chi connectivity index (χ1v) is 8.46. The maximum atomic E-state index is 13.7. The van der Waals surface area contributed by atoms with E-state index < -0.39 is 0 Å². The Morgan fingerprint density at radius 1 is 1.16 bits per heavy atom. The highest BCUT2D eigenvalue weighted by molar-refractivity contribution is 5.96. The third kappa shape index (κ3) is 4.05. The van der Waals surface area contributed by atoms with Crippen molar-refractivity contribution in [1.82, 2.24) is 4.90 Å². The molecule has 0 aromatic heterocycles. The van der Waals surface area contributed by atoms with E-state index in [4.69, 9.17) is 0 Å². The third-order valence-electron chi connectivity index (χ3n) is 4.54. The number of carbonyl (C=O) groups is 2. The van der Waals surface area contributed by atoms with Gasteiger partial charge in [-0.2, -0.15) is 0 Å². The van der Waals surface area contributed by atoms with Crippen molar-refractivity contribution in [3.05, 3.63) is 65.5 Å². The molecule has 4 nitrogen and oxygen atoms in total. The Balaban J connectivity index is 1.67. The number of anilines is 1. The minimum Gasteiger partial charge on any atom is -0.338 e. The molecule has 130 valence electrons. The molecule has 0 spiro atoms. The molecule has 0 aliphatic carbocycles. The van der Waals surface area contributed by atoms with E-state index in [0.29, 0.717) is 24.2 Å². The Morgan fingerprint density at radius 3 is 2.64 bits per heavy atom. The van der Waals surface area contributed by atoms with Gasteiger partial charge in [-0.3, -0.25) is 9.59 Å². The molecule has 2 aromatic rings. The molecule has 1 N–H and O–H groups in total. The highest BCUT2D eigenvalue weighted by Gasteiger charge is 2.29. The monoisotopic (exact) mass is 340 g/mol. The van der Waals surface area contributed by atoms with Gasteiger partial charge in [0.15, 0.2) is 0 Å². The van der Waals surface area contributed by atoms with Gasteiger partial charge in [0.1, 0.15) is 5.82 Å². The lowest BCUT2D eigenvalue weighted by atomic mass is 9.96. The number of aryl methyl sites for hydroxylation is 1. The van der Waals surface area contributed by atoms with Crippen LogP contribution in [0.3, 0.4) is 0 Å². The second-order valence-electron chi connectivity index (χ2n) is 6.41. The zero-order valence-corrected chi connectivity index (χ0v) is 14.2. The van der Waals surface area contributed by atoms with Crippen molar-refractivity contribution in [2.75, 3.05) is 18.4 Å². The molecule has 3 rings (SSSR count).